The first-order valence-electron chi connectivity index (χ1n) is 6.51. The molecular weight excluding hydrogens is 269 g/mol. The Hall–Kier alpha value is -1.67. The first-order valence-corrected chi connectivity index (χ1v) is 7.09. The van der Waals surface area contributed by atoms with Crippen molar-refractivity contribution in [2.45, 2.75) is 33.1 Å². The number of amides is 1. The average molecular weight is 289 g/mol. The summed E-state index contributed by atoms with van der Waals surface area (Å²) in [6.45, 7) is 8.34. The molecule has 1 amide bonds. The number of aryl methyl sites for hydroxylation is 1. The fraction of sp³-hybridized carbons (Fsp3) is 0.333. The van der Waals surface area contributed by atoms with Gasteiger partial charge in [-0.3, -0.25) is 4.79 Å². The van der Waals surface area contributed by atoms with Crippen molar-refractivity contribution in [3.8, 4) is 5.69 Å². The Labute approximate surface area is 121 Å². The molecule has 0 spiro atoms. The van der Waals surface area contributed by atoms with Gasteiger partial charge in [0.2, 0.25) is 5.65 Å². The monoisotopic (exact) mass is 289 g/mol. The van der Waals surface area contributed by atoms with Crippen molar-refractivity contribution in [1.82, 2.24) is 9.78 Å². The summed E-state index contributed by atoms with van der Waals surface area (Å²) >= 11 is 0. The Bertz CT molecular complexity index is 624. The fourth-order valence-corrected chi connectivity index (χ4v) is 1.99. The maximum atomic E-state index is 11.3. The van der Waals surface area contributed by atoms with Gasteiger partial charge in [0.15, 0.2) is 0 Å². The highest BCUT2D eigenvalue weighted by Gasteiger charge is 2.20. The lowest BCUT2D eigenvalue weighted by Crippen LogP contribution is -2.12. The van der Waals surface area contributed by atoms with Gasteiger partial charge >= 0.3 is 0 Å². The molecule has 0 saturated carbocycles. The first-order chi connectivity index (χ1) is 9.27. The second-order valence-electron chi connectivity index (χ2n) is 5.90. The van der Waals surface area contributed by atoms with Crippen LogP contribution in [0.2, 0.25) is 0 Å². The number of anilines is 1. The van der Waals surface area contributed by atoms with Gasteiger partial charge in [-0.25, -0.2) is 4.68 Å². The first kappa shape index (κ1) is 14.7. The van der Waals surface area contributed by atoms with Gasteiger partial charge in [0, 0.05) is 11.5 Å². The molecule has 2 rings (SSSR count). The lowest BCUT2D eigenvalue weighted by Gasteiger charge is -2.14. The second kappa shape index (κ2) is 5.37. The Morgan fingerprint density at radius 1 is 1.25 bits per heavy atom. The summed E-state index contributed by atoms with van der Waals surface area (Å²) in [7, 11) is 2.12. The molecule has 0 saturated heterocycles. The van der Waals surface area contributed by atoms with Crippen LogP contribution in [0.25, 0.3) is 5.69 Å². The molecule has 0 bridgehead atoms. The number of nitrogens with zero attached hydrogens (tertiary/aromatic N) is 2. The highest BCUT2D eigenvalue weighted by Crippen LogP contribution is 2.26. The summed E-state index contributed by atoms with van der Waals surface area (Å²) < 4.78 is 1.77. The summed E-state index contributed by atoms with van der Waals surface area (Å²) in [5.74, 6) is 0.679. The Kier molecular flexibility index (Phi) is 3.96. The van der Waals surface area contributed by atoms with Crippen molar-refractivity contribution in [2.75, 3.05) is 5.32 Å². The van der Waals surface area contributed by atoms with Gasteiger partial charge in [0.25, 0.3) is 0 Å². The molecule has 0 aliphatic rings. The largest absolute Gasteiger partial charge is 0.307 e. The molecule has 106 valence electrons. The summed E-state index contributed by atoms with van der Waals surface area (Å²) in [5.41, 5.74) is 2.80. The molecule has 5 heteroatoms. The van der Waals surface area contributed by atoms with Crippen LogP contribution in [0, 0.1) is 6.92 Å². The molecule has 1 N–H and O–H groups in total. The third-order valence-corrected chi connectivity index (χ3v) is 3.15. The normalized spacial score (nSPS) is 11.4. The maximum absolute atomic E-state index is 11.3. The van der Waals surface area contributed by atoms with Gasteiger partial charge < -0.3 is 5.32 Å². The zero-order valence-electron chi connectivity index (χ0n) is 12.3. The quantitative estimate of drug-likeness (QED) is 0.853. The van der Waals surface area contributed by atoms with Crippen LogP contribution in [0.15, 0.2) is 30.3 Å². The SMILES string of the molecule is Cc1ccc(-n2nc(C(C)(C)C)cc2NC(=O)P)cc1. The van der Waals surface area contributed by atoms with Gasteiger partial charge in [-0.1, -0.05) is 38.5 Å². The average Bonchev–Trinajstić information content (AvgIpc) is 2.73. The van der Waals surface area contributed by atoms with E-state index < -0.39 is 0 Å². The third-order valence-electron chi connectivity index (χ3n) is 3.01. The van der Waals surface area contributed by atoms with Gasteiger partial charge in [-0.15, -0.1) is 0 Å². The van der Waals surface area contributed by atoms with E-state index in [0.717, 1.165) is 11.4 Å². The highest BCUT2D eigenvalue weighted by molar-refractivity contribution is 7.40. The molecule has 20 heavy (non-hydrogen) atoms. The van der Waals surface area contributed by atoms with Crippen molar-refractivity contribution in [1.29, 1.82) is 0 Å². The van der Waals surface area contributed by atoms with E-state index in [-0.39, 0.29) is 11.1 Å². The van der Waals surface area contributed by atoms with Crippen LogP contribution in [0.1, 0.15) is 32.0 Å². The Balaban J connectivity index is 2.52. The number of benzene rings is 1. The molecular formula is C15H20N3OP. The van der Waals surface area contributed by atoms with Crippen LogP contribution >= 0.6 is 9.24 Å². The number of hydrogen-bond acceptors (Lipinski definition) is 2. The number of rotatable bonds is 2. The molecule has 0 fully saturated rings. The van der Waals surface area contributed by atoms with Gasteiger partial charge in [-0.2, -0.15) is 5.10 Å². The minimum absolute atomic E-state index is 0.0731. The molecule has 4 nitrogen and oxygen atoms in total. The lowest BCUT2D eigenvalue weighted by atomic mass is 9.92. The molecule has 1 unspecified atom stereocenters. The maximum Gasteiger partial charge on any atom is 0.240 e. The zero-order chi connectivity index (χ0) is 14.9. The summed E-state index contributed by atoms with van der Waals surface area (Å²) in [4.78, 5) is 11.3. The molecule has 1 aromatic carbocycles. The van der Waals surface area contributed by atoms with E-state index >= 15 is 0 Å². The van der Waals surface area contributed by atoms with Crippen molar-refractivity contribution in [3.63, 3.8) is 0 Å². The van der Waals surface area contributed by atoms with Gasteiger partial charge in [0.05, 0.1) is 11.4 Å². The highest BCUT2D eigenvalue weighted by atomic mass is 31.0. The molecule has 0 radical (unpaired) electrons. The van der Waals surface area contributed by atoms with Crippen molar-refractivity contribution < 1.29 is 4.79 Å². The number of nitrogens with one attached hydrogen (secondary N) is 1. The number of aromatic nitrogens is 2. The van der Waals surface area contributed by atoms with E-state index in [1.807, 2.05) is 37.3 Å². The standard InChI is InChI=1S/C15H20N3OP/c1-10-5-7-11(8-6-10)18-13(16-14(19)20)9-12(17-18)15(2,3)4/h5-9H,20H2,1-4H3,(H,16,19). The van der Waals surface area contributed by atoms with Crippen LogP contribution in [0.4, 0.5) is 10.6 Å². The van der Waals surface area contributed by atoms with Gasteiger partial charge in [0.1, 0.15) is 5.82 Å². The summed E-state index contributed by atoms with van der Waals surface area (Å²) in [6, 6.07) is 9.96. The Morgan fingerprint density at radius 3 is 2.35 bits per heavy atom. The van der Waals surface area contributed by atoms with Crippen molar-refractivity contribution in [2.24, 2.45) is 0 Å². The van der Waals surface area contributed by atoms with E-state index in [0.29, 0.717) is 5.82 Å². The van der Waals surface area contributed by atoms with E-state index in [2.05, 4.69) is 40.4 Å². The van der Waals surface area contributed by atoms with Crippen molar-refractivity contribution in [3.05, 3.63) is 41.6 Å². The summed E-state index contributed by atoms with van der Waals surface area (Å²) in [5, 5.41) is 7.43. The smallest absolute Gasteiger partial charge is 0.240 e. The second-order valence-corrected chi connectivity index (χ2v) is 6.43. The molecule has 0 aliphatic carbocycles. The molecule has 1 aromatic heterocycles. The predicted octanol–water partition coefficient (Wildman–Crippen LogP) is 3.89. The molecule has 1 heterocycles. The van der Waals surface area contributed by atoms with E-state index in [9.17, 15) is 4.79 Å². The molecule has 1 atom stereocenters. The molecule has 0 aliphatic heterocycles. The zero-order valence-corrected chi connectivity index (χ0v) is 13.4. The van der Waals surface area contributed by atoms with Crippen LogP contribution in [-0.2, 0) is 5.41 Å². The van der Waals surface area contributed by atoms with Crippen molar-refractivity contribution >= 4 is 20.7 Å². The van der Waals surface area contributed by atoms with Crippen LogP contribution in [-0.4, -0.2) is 15.4 Å². The minimum Gasteiger partial charge on any atom is -0.307 e. The lowest BCUT2D eigenvalue weighted by molar-refractivity contribution is 0.269. The topological polar surface area (TPSA) is 46.9 Å². The van der Waals surface area contributed by atoms with E-state index in [1.54, 1.807) is 4.68 Å². The third kappa shape index (κ3) is 3.26. The van der Waals surface area contributed by atoms with Crippen LogP contribution in [0.5, 0.6) is 0 Å². The number of carbonyl (C=O) groups is 1. The number of carbonyl (C=O) groups excluding carboxylic acids is 1. The molecule has 2 aromatic rings. The van der Waals surface area contributed by atoms with E-state index in [4.69, 9.17) is 0 Å². The predicted molar refractivity (Wildman–Crippen MR) is 85.7 cm³/mol. The van der Waals surface area contributed by atoms with Gasteiger partial charge in [-0.05, 0) is 28.3 Å². The van der Waals surface area contributed by atoms with Crippen LogP contribution in [0.3, 0.4) is 0 Å². The number of hydrogen-bond donors (Lipinski definition) is 1. The Morgan fingerprint density at radius 2 is 1.85 bits per heavy atom. The fourth-order valence-electron chi connectivity index (χ4n) is 1.85. The van der Waals surface area contributed by atoms with E-state index in [1.165, 1.54) is 5.56 Å². The minimum atomic E-state index is -0.182. The van der Waals surface area contributed by atoms with Crippen LogP contribution < -0.4 is 5.32 Å². The summed E-state index contributed by atoms with van der Waals surface area (Å²) in [6.07, 6.45) is 0.